The van der Waals surface area contributed by atoms with E-state index in [4.69, 9.17) is 38.4 Å². The molecule has 2 heterocycles. The number of hydrogen-bond donors (Lipinski definition) is 1. The molecule has 0 saturated heterocycles. The Morgan fingerprint density at radius 3 is 2.53 bits per heavy atom. The van der Waals surface area contributed by atoms with Gasteiger partial charge in [-0.15, -0.1) is 0 Å². The van der Waals surface area contributed by atoms with Crippen LogP contribution < -0.4 is 20.1 Å². The molecule has 1 fully saturated rings. The first-order valence-corrected chi connectivity index (χ1v) is 10.2. The van der Waals surface area contributed by atoms with E-state index in [1.165, 1.54) is 4.90 Å². The first kappa shape index (κ1) is 19.0. The highest BCUT2D eigenvalue weighted by Gasteiger charge is 2.60. The number of anilines is 1. The molecule has 0 spiro atoms. The minimum Gasteiger partial charge on any atom is -0.491 e. The van der Waals surface area contributed by atoms with Crippen LogP contribution in [0.2, 0.25) is 10.0 Å². The Bertz CT molecular complexity index is 1110. The maximum Gasteiger partial charge on any atom is 0.320 e. The van der Waals surface area contributed by atoms with Gasteiger partial charge in [-0.2, -0.15) is 0 Å². The zero-order valence-corrected chi connectivity index (χ0v) is 17.2. The van der Waals surface area contributed by atoms with Crippen LogP contribution in [0.3, 0.4) is 0 Å². The van der Waals surface area contributed by atoms with Crippen LogP contribution in [0.4, 0.5) is 10.6 Å². The van der Waals surface area contributed by atoms with Gasteiger partial charge >= 0.3 is 6.03 Å². The van der Waals surface area contributed by atoms with Crippen molar-refractivity contribution in [2.75, 3.05) is 11.5 Å². The van der Waals surface area contributed by atoms with Gasteiger partial charge in [-0.05, 0) is 36.4 Å². The summed E-state index contributed by atoms with van der Waals surface area (Å²) in [5.41, 5.74) is 6.55. The molecule has 1 saturated carbocycles. The molecule has 3 atom stereocenters. The van der Waals surface area contributed by atoms with Gasteiger partial charge in [-0.1, -0.05) is 41.4 Å². The molecule has 8 heteroatoms. The topological polar surface area (TPSA) is 77.7 Å². The summed E-state index contributed by atoms with van der Waals surface area (Å²) >= 11 is 12.7. The third-order valence-electron chi connectivity index (χ3n) is 5.46. The van der Waals surface area contributed by atoms with Crippen LogP contribution in [0.5, 0.6) is 17.2 Å². The molecule has 6 nitrogen and oxygen atoms in total. The van der Waals surface area contributed by atoms with Crippen LogP contribution in [0.15, 0.2) is 60.8 Å². The molecule has 2 amide bonds. The summed E-state index contributed by atoms with van der Waals surface area (Å²) in [7, 11) is 0. The number of benzene rings is 2. The number of nitrogens with two attached hydrogens (primary N) is 1. The van der Waals surface area contributed by atoms with Crippen molar-refractivity contribution in [1.82, 2.24) is 4.98 Å². The van der Waals surface area contributed by atoms with Crippen molar-refractivity contribution in [3.05, 3.63) is 76.4 Å². The molecule has 0 bridgehead atoms. The predicted octanol–water partition coefficient (Wildman–Crippen LogP) is 5.24. The highest BCUT2D eigenvalue weighted by molar-refractivity contribution is 6.35. The molecule has 152 valence electrons. The summed E-state index contributed by atoms with van der Waals surface area (Å²) in [6.07, 6.45) is 1.57. The van der Waals surface area contributed by atoms with Gasteiger partial charge in [0.2, 0.25) is 0 Å². The number of carbonyl (C=O) groups is 1. The number of halogens is 2. The van der Waals surface area contributed by atoms with Crippen molar-refractivity contribution in [2.24, 2.45) is 11.7 Å². The molecular weight excluding hydrogens is 425 g/mol. The van der Waals surface area contributed by atoms with E-state index >= 15 is 0 Å². The van der Waals surface area contributed by atoms with Gasteiger partial charge in [0.05, 0.1) is 23.9 Å². The number of nitrogens with zero attached hydrogens (tertiary/aromatic N) is 2. The zero-order valence-electron chi connectivity index (χ0n) is 15.7. The number of rotatable bonds is 4. The summed E-state index contributed by atoms with van der Waals surface area (Å²) in [5, 5.41) is 1.07. The van der Waals surface area contributed by atoms with Crippen molar-refractivity contribution >= 4 is 35.1 Å². The number of pyridine rings is 1. The van der Waals surface area contributed by atoms with Crippen LogP contribution in [0, 0.1) is 5.92 Å². The van der Waals surface area contributed by atoms with Crippen molar-refractivity contribution in [3.63, 3.8) is 0 Å². The number of para-hydroxylation sites is 1. The van der Waals surface area contributed by atoms with E-state index in [1.54, 1.807) is 30.5 Å². The van der Waals surface area contributed by atoms with Crippen LogP contribution in [0.1, 0.15) is 11.5 Å². The smallest absolute Gasteiger partial charge is 0.320 e. The first-order chi connectivity index (χ1) is 14.5. The monoisotopic (exact) mass is 441 g/mol. The van der Waals surface area contributed by atoms with Crippen molar-refractivity contribution in [3.8, 4) is 17.2 Å². The highest BCUT2D eigenvalue weighted by Crippen LogP contribution is 2.60. The van der Waals surface area contributed by atoms with E-state index in [1.807, 2.05) is 30.3 Å². The summed E-state index contributed by atoms with van der Waals surface area (Å²) in [4.78, 5) is 18.3. The maximum atomic E-state index is 12.3. The summed E-state index contributed by atoms with van der Waals surface area (Å²) in [6.45, 7) is 0.432. The SMILES string of the molecule is NC(=O)N(c1ccc(Oc2ccccc2)cn1)C1C2COc3c(Cl)ccc(Cl)c3C21. The molecular formula is C22H17Cl2N3O3. The lowest BCUT2D eigenvalue weighted by atomic mass is 10.1. The summed E-state index contributed by atoms with van der Waals surface area (Å²) in [6, 6.07) is 15.5. The number of carbonyl (C=O) groups excluding carboxylic acids is 1. The minimum absolute atomic E-state index is 0.00510. The number of aromatic nitrogens is 1. The van der Waals surface area contributed by atoms with Gasteiger partial charge in [0.25, 0.3) is 0 Å². The average Bonchev–Trinajstić information content (AvgIpc) is 3.46. The quantitative estimate of drug-likeness (QED) is 0.600. The second-order valence-electron chi connectivity index (χ2n) is 7.24. The molecule has 30 heavy (non-hydrogen) atoms. The summed E-state index contributed by atoms with van der Waals surface area (Å²) < 4.78 is 11.6. The Morgan fingerprint density at radius 1 is 1.07 bits per heavy atom. The normalized spacial score (nSPS) is 21.1. The molecule has 3 unspecified atom stereocenters. The summed E-state index contributed by atoms with van der Waals surface area (Å²) in [5.74, 6) is 2.36. The van der Waals surface area contributed by atoms with Gasteiger partial charge in [0, 0.05) is 22.4 Å². The molecule has 1 aliphatic heterocycles. The lowest BCUT2D eigenvalue weighted by molar-refractivity contribution is 0.252. The number of primary amides is 1. The number of fused-ring (bicyclic) bond motifs is 3. The van der Waals surface area contributed by atoms with Crippen LogP contribution in [-0.2, 0) is 0 Å². The molecule has 2 aliphatic rings. The molecule has 0 radical (unpaired) electrons. The molecule has 1 aliphatic carbocycles. The fourth-order valence-corrected chi connectivity index (χ4v) is 4.59. The number of hydrogen-bond acceptors (Lipinski definition) is 4. The Hall–Kier alpha value is -2.96. The Kier molecular flexibility index (Phi) is 4.68. The zero-order chi connectivity index (χ0) is 20.8. The second kappa shape index (κ2) is 7.38. The lowest BCUT2D eigenvalue weighted by Gasteiger charge is -2.20. The largest absolute Gasteiger partial charge is 0.491 e. The fraction of sp³-hybridized carbons (Fsp3) is 0.182. The van der Waals surface area contributed by atoms with Gasteiger partial charge in [-0.25, -0.2) is 9.78 Å². The van der Waals surface area contributed by atoms with E-state index in [9.17, 15) is 4.79 Å². The van der Waals surface area contributed by atoms with Crippen LogP contribution >= 0.6 is 23.2 Å². The van der Waals surface area contributed by atoms with Crippen molar-refractivity contribution < 1.29 is 14.3 Å². The second-order valence-corrected chi connectivity index (χ2v) is 8.05. The fourth-order valence-electron chi connectivity index (χ4n) is 4.09. The third kappa shape index (κ3) is 3.22. The van der Waals surface area contributed by atoms with Gasteiger partial charge in [0.1, 0.15) is 23.1 Å². The van der Waals surface area contributed by atoms with Gasteiger partial charge in [0.15, 0.2) is 0 Å². The third-order valence-corrected chi connectivity index (χ3v) is 6.08. The van der Waals surface area contributed by atoms with E-state index in [-0.39, 0.29) is 17.9 Å². The lowest BCUT2D eigenvalue weighted by Crippen LogP contribution is -2.39. The Morgan fingerprint density at radius 2 is 1.83 bits per heavy atom. The van der Waals surface area contributed by atoms with Crippen LogP contribution in [-0.4, -0.2) is 23.7 Å². The molecule has 1 aromatic heterocycles. The van der Waals surface area contributed by atoms with Crippen molar-refractivity contribution in [2.45, 2.75) is 12.0 Å². The Labute approximate surface area is 183 Å². The number of amides is 2. The maximum absolute atomic E-state index is 12.3. The molecule has 3 aromatic rings. The van der Waals surface area contributed by atoms with E-state index in [2.05, 4.69) is 4.98 Å². The number of urea groups is 1. The molecule has 2 N–H and O–H groups in total. The van der Waals surface area contributed by atoms with Gasteiger partial charge < -0.3 is 15.2 Å². The number of ether oxygens (including phenoxy) is 2. The van der Waals surface area contributed by atoms with E-state index < -0.39 is 6.03 Å². The van der Waals surface area contributed by atoms with Gasteiger partial charge in [-0.3, -0.25) is 4.90 Å². The van der Waals surface area contributed by atoms with Crippen molar-refractivity contribution in [1.29, 1.82) is 0 Å². The predicted molar refractivity (Wildman–Crippen MR) is 115 cm³/mol. The standard InChI is InChI=1S/C22H17Cl2N3O3/c23-15-7-8-16(24)21-19(15)18-14(11-29-21)20(18)27(22(25)28)17-9-6-13(10-26-17)30-12-4-2-1-3-5-12/h1-10,14,18,20H,11H2,(H2,25,28). The molecule has 5 rings (SSSR count). The Balaban J connectivity index is 1.42. The van der Waals surface area contributed by atoms with E-state index in [0.29, 0.717) is 39.7 Å². The minimum atomic E-state index is -0.585. The average molecular weight is 442 g/mol. The van der Waals surface area contributed by atoms with E-state index in [0.717, 1.165) is 5.56 Å². The van der Waals surface area contributed by atoms with Crippen LogP contribution in [0.25, 0.3) is 0 Å². The first-order valence-electron chi connectivity index (χ1n) is 9.43. The molecule has 2 aromatic carbocycles. The highest BCUT2D eigenvalue weighted by atomic mass is 35.5.